The summed E-state index contributed by atoms with van der Waals surface area (Å²) in [5, 5.41) is 0. The minimum atomic E-state index is 0.354. The zero-order valence-electron chi connectivity index (χ0n) is 7.23. The monoisotopic (exact) mass is 156 g/mol. The van der Waals surface area contributed by atoms with Crippen molar-refractivity contribution in [3.8, 4) is 0 Å². The van der Waals surface area contributed by atoms with E-state index in [9.17, 15) is 0 Å². The van der Waals surface area contributed by atoms with Crippen LogP contribution in [0.4, 0.5) is 0 Å². The third-order valence-corrected chi connectivity index (χ3v) is 2.97. The highest BCUT2D eigenvalue weighted by atomic mass is 28.2. The summed E-state index contributed by atoms with van der Waals surface area (Å²) in [5.74, 6) is 0. The highest BCUT2D eigenvalue weighted by molar-refractivity contribution is 6.33. The van der Waals surface area contributed by atoms with Gasteiger partial charge in [-0.25, -0.2) is 0 Å². The minimum Gasteiger partial charge on any atom is -0.103 e. The van der Waals surface area contributed by atoms with Crippen LogP contribution in [0, 0.1) is 0 Å². The molecular formula is C9H20Si. The number of unbranched alkanes of at least 4 members (excludes halogenated alkanes) is 4. The first kappa shape index (κ1) is 9.96. The van der Waals surface area contributed by atoms with Crippen LogP contribution in [0.3, 0.4) is 0 Å². The summed E-state index contributed by atoms with van der Waals surface area (Å²) in [7, 11) is 0.354. The Labute approximate surface area is 67.5 Å². The molecular weight excluding hydrogens is 136 g/mol. The number of rotatable bonds is 7. The molecule has 0 radical (unpaired) electrons. The Morgan fingerprint density at radius 2 is 1.90 bits per heavy atom. The Balaban J connectivity index is 2.70. The van der Waals surface area contributed by atoms with Crippen LogP contribution in [0.2, 0.25) is 12.6 Å². The summed E-state index contributed by atoms with van der Waals surface area (Å²) < 4.78 is 0. The van der Waals surface area contributed by atoms with Gasteiger partial charge in [0.25, 0.3) is 0 Å². The Kier molecular flexibility index (Phi) is 8.92. The van der Waals surface area contributed by atoms with Gasteiger partial charge in [0.1, 0.15) is 0 Å². The highest BCUT2D eigenvalue weighted by Gasteiger charge is 1.86. The van der Waals surface area contributed by atoms with Crippen molar-refractivity contribution in [2.24, 2.45) is 0 Å². The smallest absolute Gasteiger partial charge is 0.0166 e. The van der Waals surface area contributed by atoms with Crippen LogP contribution in [0.1, 0.15) is 32.1 Å². The van der Waals surface area contributed by atoms with Crippen molar-refractivity contribution in [2.75, 3.05) is 0 Å². The van der Waals surface area contributed by atoms with Crippen molar-refractivity contribution in [1.29, 1.82) is 0 Å². The fourth-order valence-electron chi connectivity index (χ4n) is 1.07. The maximum absolute atomic E-state index is 3.70. The van der Waals surface area contributed by atoms with E-state index in [-0.39, 0.29) is 0 Å². The van der Waals surface area contributed by atoms with Crippen LogP contribution < -0.4 is 0 Å². The molecule has 10 heavy (non-hydrogen) atoms. The van der Waals surface area contributed by atoms with Gasteiger partial charge < -0.3 is 0 Å². The SMILES string of the molecule is C=CCCCCCC[SiH2]C. The van der Waals surface area contributed by atoms with Crippen molar-refractivity contribution in [1.82, 2.24) is 0 Å². The number of hydrogen-bond acceptors (Lipinski definition) is 0. The maximum atomic E-state index is 3.70. The molecule has 0 aliphatic carbocycles. The second kappa shape index (κ2) is 8.96. The second-order valence-electron chi connectivity index (χ2n) is 2.85. The molecule has 0 spiro atoms. The largest absolute Gasteiger partial charge is 0.103 e. The van der Waals surface area contributed by atoms with E-state index < -0.39 is 0 Å². The molecule has 0 saturated carbocycles. The van der Waals surface area contributed by atoms with E-state index >= 15 is 0 Å². The Morgan fingerprint density at radius 1 is 1.20 bits per heavy atom. The molecule has 0 aromatic rings. The van der Waals surface area contributed by atoms with Gasteiger partial charge >= 0.3 is 0 Å². The van der Waals surface area contributed by atoms with Crippen LogP contribution in [-0.2, 0) is 0 Å². The van der Waals surface area contributed by atoms with Gasteiger partial charge in [0.05, 0.1) is 0 Å². The van der Waals surface area contributed by atoms with Gasteiger partial charge in [0.15, 0.2) is 0 Å². The lowest BCUT2D eigenvalue weighted by Gasteiger charge is -1.96. The van der Waals surface area contributed by atoms with Crippen LogP contribution >= 0.6 is 0 Å². The molecule has 0 nitrogen and oxygen atoms in total. The van der Waals surface area contributed by atoms with Crippen LogP contribution in [-0.4, -0.2) is 9.52 Å². The highest BCUT2D eigenvalue weighted by Crippen LogP contribution is 2.04. The molecule has 0 heterocycles. The molecule has 0 atom stereocenters. The first-order valence-corrected chi connectivity index (χ1v) is 6.94. The van der Waals surface area contributed by atoms with Gasteiger partial charge in [-0.2, -0.15) is 0 Å². The molecule has 0 aliphatic rings. The normalized spacial score (nSPS) is 10.9. The third-order valence-electron chi connectivity index (χ3n) is 1.76. The molecule has 0 unspecified atom stereocenters. The molecule has 0 aromatic carbocycles. The Bertz CT molecular complexity index is 69.1. The van der Waals surface area contributed by atoms with Gasteiger partial charge in [0.2, 0.25) is 0 Å². The van der Waals surface area contributed by atoms with Crippen molar-refractivity contribution in [3.63, 3.8) is 0 Å². The molecule has 60 valence electrons. The van der Waals surface area contributed by atoms with E-state index in [1.165, 1.54) is 32.1 Å². The van der Waals surface area contributed by atoms with E-state index in [1.54, 1.807) is 6.04 Å². The molecule has 0 bridgehead atoms. The first-order chi connectivity index (χ1) is 4.91. The summed E-state index contributed by atoms with van der Waals surface area (Å²) in [5.41, 5.74) is 0. The molecule has 1 heteroatoms. The Hall–Kier alpha value is -0.0431. The average molecular weight is 156 g/mol. The van der Waals surface area contributed by atoms with Crippen LogP contribution in [0.25, 0.3) is 0 Å². The van der Waals surface area contributed by atoms with Gasteiger partial charge in [-0.1, -0.05) is 37.9 Å². The quantitative estimate of drug-likeness (QED) is 0.302. The Morgan fingerprint density at radius 3 is 2.50 bits per heavy atom. The number of allylic oxidation sites excluding steroid dienone is 1. The lowest BCUT2D eigenvalue weighted by Crippen LogP contribution is -1.81. The molecule has 0 aliphatic heterocycles. The summed E-state index contributed by atoms with van der Waals surface area (Å²) in [6.45, 7) is 6.09. The van der Waals surface area contributed by atoms with Crippen LogP contribution in [0.5, 0.6) is 0 Å². The van der Waals surface area contributed by atoms with E-state index in [4.69, 9.17) is 0 Å². The fraction of sp³-hybridized carbons (Fsp3) is 0.778. The van der Waals surface area contributed by atoms with Gasteiger partial charge in [0, 0.05) is 9.52 Å². The molecule has 0 N–H and O–H groups in total. The van der Waals surface area contributed by atoms with Gasteiger partial charge in [-0.05, 0) is 12.8 Å². The maximum Gasteiger partial charge on any atom is 0.0166 e. The summed E-state index contributed by atoms with van der Waals surface area (Å²) >= 11 is 0. The zero-order valence-corrected chi connectivity index (χ0v) is 8.65. The first-order valence-electron chi connectivity index (χ1n) is 4.52. The lowest BCUT2D eigenvalue weighted by molar-refractivity contribution is 0.673. The minimum absolute atomic E-state index is 0.354. The van der Waals surface area contributed by atoms with E-state index in [0.29, 0.717) is 9.52 Å². The van der Waals surface area contributed by atoms with Crippen LogP contribution in [0.15, 0.2) is 12.7 Å². The predicted octanol–water partition coefficient (Wildman–Crippen LogP) is 2.76. The molecule has 0 fully saturated rings. The van der Waals surface area contributed by atoms with E-state index in [2.05, 4.69) is 13.1 Å². The third kappa shape index (κ3) is 7.96. The van der Waals surface area contributed by atoms with Crippen molar-refractivity contribution >= 4 is 9.52 Å². The zero-order chi connectivity index (χ0) is 7.66. The lowest BCUT2D eigenvalue weighted by atomic mass is 10.1. The van der Waals surface area contributed by atoms with Crippen molar-refractivity contribution < 1.29 is 0 Å². The molecule has 0 rings (SSSR count). The standard InChI is InChI=1S/C9H20Si/c1-3-4-5-6-7-8-9-10-2/h3H,1,4-10H2,2H3. The fourth-order valence-corrected chi connectivity index (χ4v) is 1.92. The van der Waals surface area contributed by atoms with Gasteiger partial charge in [-0.15, -0.1) is 6.58 Å². The topological polar surface area (TPSA) is 0 Å². The molecule has 0 aromatic heterocycles. The summed E-state index contributed by atoms with van der Waals surface area (Å²) in [6.07, 6.45) is 8.95. The molecule has 0 saturated heterocycles. The van der Waals surface area contributed by atoms with E-state index in [0.717, 1.165) is 0 Å². The predicted molar refractivity (Wildman–Crippen MR) is 52.5 cm³/mol. The number of hydrogen-bond donors (Lipinski definition) is 0. The average Bonchev–Trinajstić information content (AvgIpc) is 1.97. The van der Waals surface area contributed by atoms with Crippen molar-refractivity contribution in [2.45, 2.75) is 44.7 Å². The second-order valence-corrected chi connectivity index (χ2v) is 4.55. The van der Waals surface area contributed by atoms with Gasteiger partial charge in [-0.3, -0.25) is 0 Å². The molecule has 0 amide bonds. The summed E-state index contributed by atoms with van der Waals surface area (Å²) in [4.78, 5) is 0. The van der Waals surface area contributed by atoms with Crippen molar-refractivity contribution in [3.05, 3.63) is 12.7 Å². The summed E-state index contributed by atoms with van der Waals surface area (Å²) in [6, 6.07) is 1.55. The van der Waals surface area contributed by atoms with E-state index in [1.807, 2.05) is 6.08 Å².